The number of ether oxygens (including phenoxy) is 1. The summed E-state index contributed by atoms with van der Waals surface area (Å²) in [5.41, 5.74) is 3.89. The average molecular weight is 529 g/mol. The number of hydrogen-bond acceptors (Lipinski definition) is 6. The van der Waals surface area contributed by atoms with Crippen molar-refractivity contribution in [3.63, 3.8) is 0 Å². The molecule has 5 rings (SSSR count). The number of carbonyl (C=O) groups excluding carboxylic acids is 2. The molecule has 0 radical (unpaired) electrons. The molecule has 1 aliphatic rings. The Balaban J connectivity index is 1.20. The van der Waals surface area contributed by atoms with Crippen molar-refractivity contribution in [1.29, 1.82) is 0 Å². The topological polar surface area (TPSA) is 118 Å². The molecular formula is C28H32N8O3. The molecule has 3 amide bonds. The summed E-state index contributed by atoms with van der Waals surface area (Å²) in [6.07, 6.45) is 7.43. The molecule has 0 saturated carbocycles. The van der Waals surface area contributed by atoms with Gasteiger partial charge in [-0.05, 0) is 63.2 Å². The number of carbonyl (C=O) groups is 2. The van der Waals surface area contributed by atoms with Crippen LogP contribution in [0.1, 0.15) is 28.9 Å². The maximum absolute atomic E-state index is 13.0. The van der Waals surface area contributed by atoms with E-state index in [1.54, 1.807) is 66.6 Å². The number of nitrogens with zero attached hydrogens (tertiary/aromatic N) is 5. The largest absolute Gasteiger partial charge is 0.497 e. The number of urea groups is 1. The highest BCUT2D eigenvalue weighted by Gasteiger charge is 2.15. The van der Waals surface area contributed by atoms with Gasteiger partial charge in [0.25, 0.3) is 5.91 Å². The number of amides is 3. The Morgan fingerprint density at radius 1 is 0.923 bits per heavy atom. The molecule has 0 unspecified atom stereocenters. The van der Waals surface area contributed by atoms with Crippen LogP contribution in [0.3, 0.4) is 0 Å². The quantitative estimate of drug-likeness (QED) is 0.297. The molecule has 4 aromatic rings. The second-order valence-corrected chi connectivity index (χ2v) is 9.40. The van der Waals surface area contributed by atoms with Gasteiger partial charge in [0.15, 0.2) is 0 Å². The Morgan fingerprint density at radius 2 is 1.72 bits per heavy atom. The highest BCUT2D eigenvalue weighted by atomic mass is 16.5. The van der Waals surface area contributed by atoms with Gasteiger partial charge < -0.3 is 25.6 Å². The first-order valence-electron chi connectivity index (χ1n) is 12.9. The molecule has 1 saturated heterocycles. The van der Waals surface area contributed by atoms with Crippen molar-refractivity contribution >= 4 is 29.0 Å². The highest BCUT2D eigenvalue weighted by molar-refractivity contribution is 6.04. The summed E-state index contributed by atoms with van der Waals surface area (Å²) in [7, 11) is 1.57. The molecule has 0 bridgehead atoms. The van der Waals surface area contributed by atoms with Crippen molar-refractivity contribution in [2.45, 2.75) is 26.3 Å². The van der Waals surface area contributed by atoms with Gasteiger partial charge in [0, 0.05) is 23.9 Å². The molecule has 202 valence electrons. The minimum atomic E-state index is -0.410. The van der Waals surface area contributed by atoms with Gasteiger partial charge in [-0.3, -0.25) is 9.48 Å². The monoisotopic (exact) mass is 528 g/mol. The van der Waals surface area contributed by atoms with Crippen LogP contribution >= 0.6 is 0 Å². The third-order valence-electron chi connectivity index (χ3n) is 6.72. The van der Waals surface area contributed by atoms with Gasteiger partial charge in [-0.15, -0.1) is 0 Å². The molecular weight excluding hydrogens is 496 g/mol. The molecule has 3 heterocycles. The molecule has 39 heavy (non-hydrogen) atoms. The second-order valence-electron chi connectivity index (χ2n) is 9.40. The molecule has 2 aromatic carbocycles. The molecule has 11 heteroatoms. The Morgan fingerprint density at radius 3 is 2.54 bits per heavy atom. The number of rotatable bonds is 9. The molecule has 0 atom stereocenters. The van der Waals surface area contributed by atoms with E-state index in [0.717, 1.165) is 31.9 Å². The smallest absolute Gasteiger partial charge is 0.323 e. The maximum Gasteiger partial charge on any atom is 0.323 e. The zero-order valence-electron chi connectivity index (χ0n) is 22.1. The zero-order valence-corrected chi connectivity index (χ0v) is 22.1. The van der Waals surface area contributed by atoms with Gasteiger partial charge in [-0.1, -0.05) is 12.1 Å². The van der Waals surface area contributed by atoms with Crippen LogP contribution < -0.4 is 20.7 Å². The molecule has 11 nitrogen and oxygen atoms in total. The predicted molar refractivity (Wildman–Crippen MR) is 150 cm³/mol. The van der Waals surface area contributed by atoms with Crippen LogP contribution in [0.25, 0.3) is 5.69 Å². The van der Waals surface area contributed by atoms with Crippen molar-refractivity contribution in [2.75, 3.05) is 42.7 Å². The summed E-state index contributed by atoms with van der Waals surface area (Å²) < 4.78 is 8.72. The van der Waals surface area contributed by atoms with E-state index in [9.17, 15) is 9.59 Å². The van der Waals surface area contributed by atoms with Gasteiger partial charge >= 0.3 is 6.03 Å². The van der Waals surface area contributed by atoms with E-state index in [0.29, 0.717) is 34.1 Å². The molecule has 2 aromatic heterocycles. The third-order valence-corrected chi connectivity index (χ3v) is 6.72. The number of anilines is 3. The maximum atomic E-state index is 13.0. The molecule has 0 spiro atoms. The normalized spacial score (nSPS) is 13.3. The van der Waals surface area contributed by atoms with E-state index >= 15 is 0 Å². The number of likely N-dealkylation sites (tertiary alicyclic amines) is 1. The minimum Gasteiger partial charge on any atom is -0.497 e. The van der Waals surface area contributed by atoms with Crippen molar-refractivity contribution < 1.29 is 14.3 Å². The van der Waals surface area contributed by atoms with Crippen molar-refractivity contribution in [1.82, 2.24) is 24.5 Å². The second kappa shape index (κ2) is 11.8. The Bertz CT molecular complexity index is 1450. The zero-order chi connectivity index (χ0) is 27.2. The van der Waals surface area contributed by atoms with E-state index in [1.165, 1.54) is 19.0 Å². The lowest BCUT2D eigenvalue weighted by atomic mass is 10.2. The van der Waals surface area contributed by atoms with Crippen molar-refractivity contribution in [3.05, 3.63) is 78.4 Å². The number of methoxy groups -OCH3 is 1. The average Bonchev–Trinajstić information content (AvgIpc) is 3.71. The van der Waals surface area contributed by atoms with Crippen LogP contribution in [0.15, 0.2) is 67.1 Å². The molecule has 1 aliphatic heterocycles. The summed E-state index contributed by atoms with van der Waals surface area (Å²) in [4.78, 5) is 27.9. The Kier molecular flexibility index (Phi) is 7.88. The summed E-state index contributed by atoms with van der Waals surface area (Å²) in [6.45, 7) is 6.01. The highest BCUT2D eigenvalue weighted by Crippen LogP contribution is 2.19. The van der Waals surface area contributed by atoms with Gasteiger partial charge in [0.2, 0.25) is 0 Å². The molecule has 1 fully saturated rings. The van der Waals surface area contributed by atoms with E-state index in [1.807, 2.05) is 17.7 Å². The third kappa shape index (κ3) is 6.44. The first kappa shape index (κ1) is 26.0. The number of hydrogen-bond donors (Lipinski definition) is 3. The summed E-state index contributed by atoms with van der Waals surface area (Å²) in [5.74, 6) is 0.410. The standard InChI is InChI=1S/C28H32N8O3/c1-20-26(18-30-35(20)14-13-34-11-3-4-12-34)33-27(37)21-7-5-9-24(15-21)36-19-23(17-29-36)32-28(38)31-22-8-6-10-25(16-22)39-2/h5-10,15-19H,3-4,11-14H2,1-2H3,(H,33,37)(H2,31,32,38). The Labute approximate surface area is 226 Å². The first-order chi connectivity index (χ1) is 19.0. The van der Waals surface area contributed by atoms with Crippen molar-refractivity contribution in [2.24, 2.45) is 0 Å². The fourth-order valence-corrected chi connectivity index (χ4v) is 4.54. The van der Waals surface area contributed by atoms with Crippen LogP contribution in [0.4, 0.5) is 21.9 Å². The van der Waals surface area contributed by atoms with Gasteiger partial charge in [0.05, 0.1) is 55.0 Å². The lowest BCUT2D eigenvalue weighted by Gasteiger charge is -2.15. The lowest BCUT2D eigenvalue weighted by Crippen LogP contribution is -2.24. The van der Waals surface area contributed by atoms with Crippen LogP contribution in [0, 0.1) is 6.92 Å². The van der Waals surface area contributed by atoms with Crippen LogP contribution in [0.5, 0.6) is 5.75 Å². The SMILES string of the molecule is COc1cccc(NC(=O)Nc2cnn(-c3cccc(C(=O)Nc4cnn(CCN5CCCC5)c4C)c3)c2)c1. The first-order valence-corrected chi connectivity index (χ1v) is 12.9. The van der Waals surface area contributed by atoms with Crippen LogP contribution in [-0.2, 0) is 6.54 Å². The van der Waals surface area contributed by atoms with Crippen LogP contribution in [-0.4, -0.2) is 63.1 Å². The number of nitrogens with one attached hydrogen (secondary N) is 3. The summed E-state index contributed by atoms with van der Waals surface area (Å²) in [5, 5.41) is 17.3. The fraction of sp³-hybridized carbons (Fsp3) is 0.286. The number of benzene rings is 2. The number of aromatic nitrogens is 4. The molecule has 3 N–H and O–H groups in total. The fourth-order valence-electron chi connectivity index (χ4n) is 4.54. The van der Waals surface area contributed by atoms with E-state index in [2.05, 4.69) is 31.0 Å². The summed E-state index contributed by atoms with van der Waals surface area (Å²) in [6, 6.07) is 13.8. The van der Waals surface area contributed by atoms with Gasteiger partial charge in [-0.2, -0.15) is 10.2 Å². The minimum absolute atomic E-state index is 0.234. The van der Waals surface area contributed by atoms with E-state index in [-0.39, 0.29) is 5.91 Å². The van der Waals surface area contributed by atoms with Gasteiger partial charge in [0.1, 0.15) is 5.75 Å². The lowest BCUT2D eigenvalue weighted by molar-refractivity contribution is 0.102. The summed E-state index contributed by atoms with van der Waals surface area (Å²) >= 11 is 0. The van der Waals surface area contributed by atoms with E-state index < -0.39 is 6.03 Å². The molecule has 0 aliphatic carbocycles. The Hall–Kier alpha value is -4.64. The van der Waals surface area contributed by atoms with Crippen molar-refractivity contribution in [3.8, 4) is 11.4 Å². The van der Waals surface area contributed by atoms with Gasteiger partial charge in [-0.25, -0.2) is 9.48 Å². The predicted octanol–water partition coefficient (Wildman–Crippen LogP) is 4.38. The van der Waals surface area contributed by atoms with E-state index in [4.69, 9.17) is 4.74 Å². The van der Waals surface area contributed by atoms with Crippen LogP contribution in [0.2, 0.25) is 0 Å².